The van der Waals surface area contributed by atoms with Gasteiger partial charge in [0.15, 0.2) is 5.78 Å². The third-order valence-corrected chi connectivity index (χ3v) is 1.84. The maximum absolute atomic E-state index is 10.8. The van der Waals surface area contributed by atoms with Crippen molar-refractivity contribution in [3.8, 4) is 0 Å². The Morgan fingerprint density at radius 3 is 2.00 bits per heavy atom. The smallest absolute Gasteiger partial charge is 0.155 e. The Labute approximate surface area is 93.0 Å². The number of hydrogen-bond donors (Lipinski definition) is 1. The Balaban J connectivity index is 0. The lowest BCUT2D eigenvalue weighted by Crippen LogP contribution is -1.91. The van der Waals surface area contributed by atoms with E-state index in [-0.39, 0.29) is 11.5 Å². The molecule has 0 aromatic carbocycles. The summed E-state index contributed by atoms with van der Waals surface area (Å²) in [7, 11) is 0. The first kappa shape index (κ1) is 16.1. The molecule has 0 atom stereocenters. The molecule has 0 saturated heterocycles. The second kappa shape index (κ2) is 9.25. The van der Waals surface area contributed by atoms with Gasteiger partial charge < -0.3 is 5.11 Å². The van der Waals surface area contributed by atoms with Crippen LogP contribution in [0.2, 0.25) is 0 Å². The van der Waals surface area contributed by atoms with E-state index in [1.165, 1.54) is 6.92 Å². The summed E-state index contributed by atoms with van der Waals surface area (Å²) < 4.78 is 0. The number of ketones is 1. The molecule has 0 bridgehead atoms. The van der Waals surface area contributed by atoms with Crippen LogP contribution < -0.4 is 0 Å². The fraction of sp³-hybridized carbons (Fsp3) is 0.462. The van der Waals surface area contributed by atoms with Crippen LogP contribution in [0.3, 0.4) is 0 Å². The van der Waals surface area contributed by atoms with Crippen LogP contribution in [0.5, 0.6) is 0 Å². The maximum atomic E-state index is 10.8. The fourth-order valence-electron chi connectivity index (χ4n) is 0.761. The molecule has 2 heteroatoms. The minimum absolute atomic E-state index is 0.0373. The van der Waals surface area contributed by atoms with Gasteiger partial charge in [0.25, 0.3) is 0 Å². The first-order valence-electron chi connectivity index (χ1n) is 5.25. The molecular formula is C13H22O2. The van der Waals surface area contributed by atoms with Crippen LogP contribution in [0.1, 0.15) is 41.0 Å². The molecule has 0 radical (unpaired) electrons. The van der Waals surface area contributed by atoms with Crippen molar-refractivity contribution in [2.75, 3.05) is 0 Å². The third-order valence-electron chi connectivity index (χ3n) is 1.84. The summed E-state index contributed by atoms with van der Waals surface area (Å²) in [5.41, 5.74) is 1.42. The highest BCUT2D eigenvalue weighted by molar-refractivity contribution is 5.92. The highest BCUT2D eigenvalue weighted by atomic mass is 16.3. The molecule has 0 heterocycles. The van der Waals surface area contributed by atoms with Gasteiger partial charge in [0, 0.05) is 0 Å². The van der Waals surface area contributed by atoms with E-state index in [4.69, 9.17) is 5.11 Å². The topological polar surface area (TPSA) is 37.3 Å². The molecular weight excluding hydrogens is 188 g/mol. The van der Waals surface area contributed by atoms with Crippen LogP contribution in [0.4, 0.5) is 0 Å². The van der Waals surface area contributed by atoms with Crippen LogP contribution in [0, 0.1) is 0 Å². The SMILES string of the molecule is C=C(O)/C(=C/C=C(\C)C(C)=O)CC.CC. The molecule has 0 aliphatic heterocycles. The van der Waals surface area contributed by atoms with E-state index < -0.39 is 0 Å². The van der Waals surface area contributed by atoms with E-state index in [2.05, 4.69) is 6.58 Å². The lowest BCUT2D eigenvalue weighted by Gasteiger charge is -1.99. The summed E-state index contributed by atoms with van der Waals surface area (Å²) in [6.07, 6.45) is 4.12. The molecule has 2 nitrogen and oxygen atoms in total. The molecule has 0 spiro atoms. The second-order valence-corrected chi connectivity index (χ2v) is 2.90. The number of aliphatic hydroxyl groups excluding tert-OH is 1. The molecule has 86 valence electrons. The molecule has 0 saturated carbocycles. The lowest BCUT2D eigenvalue weighted by atomic mass is 10.1. The van der Waals surface area contributed by atoms with E-state index in [0.29, 0.717) is 12.0 Å². The Morgan fingerprint density at radius 1 is 1.27 bits per heavy atom. The van der Waals surface area contributed by atoms with Crippen LogP contribution in [-0.4, -0.2) is 10.9 Å². The third kappa shape index (κ3) is 7.74. The normalized spacial score (nSPS) is 11.5. The van der Waals surface area contributed by atoms with Gasteiger partial charge in [0.2, 0.25) is 0 Å². The Bertz CT molecular complexity index is 270. The summed E-state index contributed by atoms with van der Waals surface area (Å²) in [5.74, 6) is 0.102. The Hall–Kier alpha value is -1.31. The summed E-state index contributed by atoms with van der Waals surface area (Å²) in [4.78, 5) is 10.8. The van der Waals surface area contributed by atoms with E-state index in [1.807, 2.05) is 20.8 Å². The Morgan fingerprint density at radius 2 is 1.73 bits per heavy atom. The number of allylic oxidation sites excluding steroid dienone is 4. The summed E-state index contributed by atoms with van der Waals surface area (Å²) in [6, 6.07) is 0. The van der Waals surface area contributed by atoms with Crippen molar-refractivity contribution in [1.29, 1.82) is 0 Å². The maximum Gasteiger partial charge on any atom is 0.155 e. The monoisotopic (exact) mass is 210 g/mol. The van der Waals surface area contributed by atoms with Gasteiger partial charge in [-0.25, -0.2) is 0 Å². The van der Waals surface area contributed by atoms with Crippen molar-refractivity contribution in [2.24, 2.45) is 0 Å². The minimum atomic E-state index is 0.0373. The first-order valence-corrected chi connectivity index (χ1v) is 5.25. The van der Waals surface area contributed by atoms with E-state index in [0.717, 1.165) is 5.57 Å². The van der Waals surface area contributed by atoms with E-state index >= 15 is 0 Å². The Kier molecular flexibility index (Phi) is 9.95. The average Bonchev–Trinajstić information content (AvgIpc) is 2.20. The molecule has 0 rings (SSSR count). The van der Waals surface area contributed by atoms with Gasteiger partial charge >= 0.3 is 0 Å². The van der Waals surface area contributed by atoms with Gasteiger partial charge in [0.05, 0.1) is 0 Å². The van der Waals surface area contributed by atoms with Crippen molar-refractivity contribution in [3.63, 3.8) is 0 Å². The zero-order valence-electron chi connectivity index (χ0n) is 10.4. The number of aliphatic hydroxyl groups is 1. The fourth-order valence-corrected chi connectivity index (χ4v) is 0.761. The largest absolute Gasteiger partial charge is 0.508 e. The summed E-state index contributed by atoms with van der Waals surface area (Å²) in [6.45, 7) is 12.6. The molecule has 0 fully saturated rings. The van der Waals surface area contributed by atoms with E-state index in [9.17, 15) is 4.79 Å². The van der Waals surface area contributed by atoms with Crippen molar-refractivity contribution < 1.29 is 9.90 Å². The highest BCUT2D eigenvalue weighted by Crippen LogP contribution is 2.09. The number of carbonyl (C=O) groups is 1. The highest BCUT2D eigenvalue weighted by Gasteiger charge is 1.97. The van der Waals surface area contributed by atoms with Gasteiger partial charge in [-0.15, -0.1) is 0 Å². The summed E-state index contributed by atoms with van der Waals surface area (Å²) >= 11 is 0. The van der Waals surface area contributed by atoms with Gasteiger partial charge in [-0.2, -0.15) is 0 Å². The number of hydrogen-bond acceptors (Lipinski definition) is 2. The molecule has 0 aliphatic carbocycles. The predicted molar refractivity (Wildman–Crippen MR) is 65.9 cm³/mol. The van der Waals surface area contributed by atoms with Crippen molar-refractivity contribution in [3.05, 3.63) is 35.6 Å². The molecule has 0 amide bonds. The zero-order valence-corrected chi connectivity index (χ0v) is 10.4. The van der Waals surface area contributed by atoms with Crippen molar-refractivity contribution >= 4 is 5.78 Å². The van der Waals surface area contributed by atoms with Gasteiger partial charge in [-0.05, 0) is 31.4 Å². The van der Waals surface area contributed by atoms with Crippen LogP contribution in [0.25, 0.3) is 0 Å². The number of carbonyl (C=O) groups excluding carboxylic acids is 1. The van der Waals surface area contributed by atoms with Crippen LogP contribution in [-0.2, 0) is 4.79 Å². The molecule has 0 aliphatic rings. The minimum Gasteiger partial charge on any atom is -0.508 e. The van der Waals surface area contributed by atoms with Crippen molar-refractivity contribution in [1.82, 2.24) is 0 Å². The zero-order chi connectivity index (χ0) is 12.4. The van der Waals surface area contributed by atoms with Gasteiger partial charge in [-0.3, -0.25) is 4.79 Å². The average molecular weight is 210 g/mol. The first-order chi connectivity index (χ1) is 6.99. The molecule has 0 aromatic rings. The molecule has 1 N–H and O–H groups in total. The molecule has 0 aromatic heterocycles. The number of Topliss-reactive ketones (excluding diaryl/α,β-unsaturated/α-hetero) is 1. The molecule has 0 unspecified atom stereocenters. The standard InChI is InChI=1S/C11H16O2.C2H6/c1-5-11(10(4)13)7-6-8(2)9(3)12;1-2/h6-7,13H,4-5H2,1-3H3;1-2H3/b8-6+,11-7+;. The second-order valence-electron chi connectivity index (χ2n) is 2.90. The van der Waals surface area contributed by atoms with Crippen LogP contribution >= 0.6 is 0 Å². The predicted octanol–water partition coefficient (Wildman–Crippen LogP) is 3.96. The quantitative estimate of drug-likeness (QED) is 0.433. The summed E-state index contributed by atoms with van der Waals surface area (Å²) in [5, 5.41) is 9.09. The van der Waals surface area contributed by atoms with Gasteiger partial charge in [-0.1, -0.05) is 39.5 Å². The van der Waals surface area contributed by atoms with Crippen molar-refractivity contribution in [2.45, 2.75) is 41.0 Å². The lowest BCUT2D eigenvalue weighted by molar-refractivity contribution is -0.113. The molecule has 15 heavy (non-hydrogen) atoms. The van der Waals surface area contributed by atoms with Crippen LogP contribution in [0.15, 0.2) is 35.6 Å². The number of rotatable bonds is 4. The van der Waals surface area contributed by atoms with E-state index in [1.54, 1.807) is 19.1 Å². The van der Waals surface area contributed by atoms with Gasteiger partial charge in [0.1, 0.15) is 5.76 Å².